The van der Waals surface area contributed by atoms with Gasteiger partial charge in [-0.3, -0.25) is 14.4 Å². The molecule has 1 aliphatic heterocycles. The normalized spacial score (nSPS) is 13.4. The van der Waals surface area contributed by atoms with Crippen LogP contribution in [0.2, 0.25) is 0 Å². The lowest BCUT2D eigenvalue weighted by Gasteiger charge is -2.27. The Kier molecular flexibility index (Phi) is 5.79. The molecule has 3 rings (SSSR count). The smallest absolute Gasteiger partial charge is 0.268 e. The summed E-state index contributed by atoms with van der Waals surface area (Å²) in [5.41, 5.74) is 3.70. The first-order valence-electron chi connectivity index (χ1n) is 9.26. The molecular weight excluding hydrogens is 362 g/mol. The largest absolute Gasteiger partial charge is 0.354 e. The average molecular weight is 388 g/mol. The van der Waals surface area contributed by atoms with Gasteiger partial charge in [-0.25, -0.2) is 0 Å². The Bertz CT molecular complexity index is 881. The molecule has 2 aromatic rings. The molecular formula is C20H25N3O3S. The maximum Gasteiger partial charge on any atom is 0.268 e. The number of aryl methyl sites for hydroxylation is 1. The first kappa shape index (κ1) is 19.4. The maximum atomic E-state index is 12.5. The fourth-order valence-corrected chi connectivity index (χ4v) is 4.58. The molecule has 0 saturated carbocycles. The quantitative estimate of drug-likeness (QED) is 0.748. The van der Waals surface area contributed by atoms with Crippen molar-refractivity contribution in [2.75, 3.05) is 13.1 Å². The van der Waals surface area contributed by atoms with Crippen molar-refractivity contribution in [1.82, 2.24) is 15.2 Å². The highest BCUT2D eigenvalue weighted by molar-refractivity contribution is 7.10. The Morgan fingerprint density at radius 1 is 1.33 bits per heavy atom. The number of ketones is 1. The Hall–Kier alpha value is -2.41. The predicted molar refractivity (Wildman–Crippen MR) is 105 cm³/mol. The van der Waals surface area contributed by atoms with E-state index in [-0.39, 0.29) is 30.6 Å². The molecule has 0 saturated heterocycles. The highest BCUT2D eigenvalue weighted by Gasteiger charge is 2.23. The van der Waals surface area contributed by atoms with Gasteiger partial charge in [-0.15, -0.1) is 11.3 Å². The van der Waals surface area contributed by atoms with Crippen LogP contribution in [0.15, 0.2) is 11.4 Å². The number of hydrogen-bond acceptors (Lipinski definition) is 4. The zero-order valence-corrected chi connectivity index (χ0v) is 16.8. The first-order chi connectivity index (χ1) is 12.9. The number of H-pyrrole nitrogens is 1. The van der Waals surface area contributed by atoms with Crippen LogP contribution in [0, 0.1) is 6.92 Å². The molecule has 2 N–H and O–H groups in total. The van der Waals surface area contributed by atoms with Gasteiger partial charge in [0.05, 0.1) is 0 Å². The monoisotopic (exact) mass is 387 g/mol. The summed E-state index contributed by atoms with van der Waals surface area (Å²) in [5.74, 6) is -0.267. The van der Waals surface area contributed by atoms with Gasteiger partial charge in [0.15, 0.2) is 5.78 Å². The number of aromatic amines is 1. The molecule has 3 heterocycles. The highest BCUT2D eigenvalue weighted by atomic mass is 32.1. The number of carbonyl (C=O) groups is 3. The van der Waals surface area contributed by atoms with E-state index >= 15 is 0 Å². The molecule has 0 aliphatic carbocycles. The van der Waals surface area contributed by atoms with Gasteiger partial charge >= 0.3 is 0 Å². The van der Waals surface area contributed by atoms with Crippen molar-refractivity contribution in [2.24, 2.45) is 0 Å². The van der Waals surface area contributed by atoms with Crippen molar-refractivity contribution < 1.29 is 14.4 Å². The third-order valence-electron chi connectivity index (χ3n) is 5.01. The Labute approximate surface area is 163 Å². The van der Waals surface area contributed by atoms with Crippen LogP contribution < -0.4 is 5.32 Å². The van der Waals surface area contributed by atoms with E-state index in [4.69, 9.17) is 0 Å². The predicted octanol–water partition coefficient (Wildman–Crippen LogP) is 2.85. The Morgan fingerprint density at radius 3 is 2.81 bits per heavy atom. The molecule has 0 bridgehead atoms. The van der Waals surface area contributed by atoms with Crippen LogP contribution in [0.1, 0.15) is 62.8 Å². The number of Topliss-reactive ketones (excluding diaryl/α,β-unsaturated/α-hetero) is 1. The number of aromatic nitrogens is 1. The Balaban J connectivity index is 1.56. The van der Waals surface area contributed by atoms with Gasteiger partial charge in [0.2, 0.25) is 5.91 Å². The second kappa shape index (κ2) is 8.08. The van der Waals surface area contributed by atoms with E-state index in [1.54, 1.807) is 18.3 Å². The number of rotatable bonds is 6. The van der Waals surface area contributed by atoms with Crippen molar-refractivity contribution in [3.8, 4) is 0 Å². The molecule has 0 unspecified atom stereocenters. The van der Waals surface area contributed by atoms with E-state index in [2.05, 4.69) is 21.7 Å². The standard InChI is InChI=1S/C20H25N3O3S/c1-4-15-18(13(3)24)12(2)22-19(15)20(26)21-8-5-17(25)23-9-6-16-14(11-23)7-10-27-16/h7,10,22H,4-6,8-9,11H2,1-3H3,(H,21,26). The summed E-state index contributed by atoms with van der Waals surface area (Å²) < 4.78 is 0. The lowest BCUT2D eigenvalue weighted by molar-refractivity contribution is -0.131. The fourth-order valence-electron chi connectivity index (χ4n) is 3.69. The number of nitrogens with zero attached hydrogens (tertiary/aromatic N) is 1. The summed E-state index contributed by atoms with van der Waals surface area (Å²) in [4.78, 5) is 43.0. The lowest BCUT2D eigenvalue weighted by Crippen LogP contribution is -2.37. The molecule has 144 valence electrons. The van der Waals surface area contributed by atoms with Crippen molar-refractivity contribution in [1.29, 1.82) is 0 Å². The van der Waals surface area contributed by atoms with Crippen LogP contribution >= 0.6 is 11.3 Å². The number of hydrogen-bond donors (Lipinski definition) is 2. The van der Waals surface area contributed by atoms with Gasteiger partial charge in [-0.05, 0) is 49.3 Å². The van der Waals surface area contributed by atoms with Crippen molar-refractivity contribution in [3.05, 3.63) is 44.4 Å². The van der Waals surface area contributed by atoms with Gasteiger partial charge in [-0.2, -0.15) is 0 Å². The third-order valence-corrected chi connectivity index (χ3v) is 6.03. The molecule has 7 heteroatoms. The van der Waals surface area contributed by atoms with E-state index in [0.717, 1.165) is 18.5 Å². The number of thiophene rings is 1. The van der Waals surface area contributed by atoms with Crippen molar-refractivity contribution in [3.63, 3.8) is 0 Å². The molecule has 1 aliphatic rings. The topological polar surface area (TPSA) is 82.3 Å². The van der Waals surface area contributed by atoms with Crippen LogP contribution in [-0.4, -0.2) is 40.6 Å². The van der Waals surface area contributed by atoms with Crippen LogP contribution in [0.25, 0.3) is 0 Å². The minimum absolute atomic E-state index is 0.0484. The molecule has 27 heavy (non-hydrogen) atoms. The van der Waals surface area contributed by atoms with Crippen LogP contribution in [0.4, 0.5) is 0 Å². The average Bonchev–Trinajstić information content (AvgIpc) is 3.24. The highest BCUT2D eigenvalue weighted by Crippen LogP contribution is 2.24. The summed E-state index contributed by atoms with van der Waals surface area (Å²) in [6.45, 7) is 6.89. The molecule has 0 fully saturated rings. The molecule has 2 aromatic heterocycles. The van der Waals surface area contributed by atoms with Crippen molar-refractivity contribution in [2.45, 2.75) is 46.6 Å². The summed E-state index contributed by atoms with van der Waals surface area (Å²) in [6, 6.07) is 2.08. The Morgan fingerprint density at radius 2 is 2.11 bits per heavy atom. The van der Waals surface area contributed by atoms with E-state index in [1.165, 1.54) is 17.4 Å². The van der Waals surface area contributed by atoms with E-state index in [0.29, 0.717) is 29.9 Å². The number of nitrogens with one attached hydrogen (secondary N) is 2. The number of amides is 2. The SMILES string of the molecule is CCc1c(C(=O)NCCC(=O)N2CCc3sccc3C2)[nH]c(C)c1C(C)=O. The molecule has 0 spiro atoms. The van der Waals surface area contributed by atoms with Gasteiger partial charge in [0.1, 0.15) is 5.69 Å². The fraction of sp³-hybridized carbons (Fsp3) is 0.450. The number of carbonyl (C=O) groups excluding carboxylic acids is 3. The van der Waals surface area contributed by atoms with E-state index in [1.807, 2.05) is 11.8 Å². The zero-order chi connectivity index (χ0) is 19.6. The molecule has 0 aromatic carbocycles. The minimum atomic E-state index is -0.269. The molecule has 0 atom stereocenters. The van der Waals surface area contributed by atoms with Gasteiger partial charge in [0.25, 0.3) is 5.91 Å². The second-order valence-electron chi connectivity index (χ2n) is 6.83. The van der Waals surface area contributed by atoms with E-state index < -0.39 is 0 Å². The summed E-state index contributed by atoms with van der Waals surface area (Å²) in [7, 11) is 0. The summed E-state index contributed by atoms with van der Waals surface area (Å²) in [6.07, 6.45) is 1.77. The van der Waals surface area contributed by atoms with E-state index in [9.17, 15) is 14.4 Å². The summed E-state index contributed by atoms with van der Waals surface area (Å²) >= 11 is 1.74. The van der Waals surface area contributed by atoms with Gasteiger partial charge < -0.3 is 15.2 Å². The zero-order valence-electron chi connectivity index (χ0n) is 16.0. The molecule has 0 radical (unpaired) electrons. The van der Waals surface area contributed by atoms with Gasteiger partial charge in [-0.1, -0.05) is 6.92 Å². The lowest BCUT2D eigenvalue weighted by atomic mass is 10.0. The molecule has 6 nitrogen and oxygen atoms in total. The van der Waals surface area contributed by atoms with Crippen molar-refractivity contribution >= 4 is 28.9 Å². The van der Waals surface area contributed by atoms with Crippen LogP contribution in [-0.2, 0) is 24.2 Å². The third kappa shape index (κ3) is 3.98. The minimum Gasteiger partial charge on any atom is -0.354 e. The van der Waals surface area contributed by atoms with Crippen LogP contribution in [0.3, 0.4) is 0 Å². The number of fused-ring (bicyclic) bond motifs is 1. The van der Waals surface area contributed by atoms with Crippen LogP contribution in [0.5, 0.6) is 0 Å². The summed E-state index contributed by atoms with van der Waals surface area (Å²) in [5, 5.41) is 4.88. The molecule has 2 amide bonds. The first-order valence-corrected chi connectivity index (χ1v) is 10.1. The second-order valence-corrected chi connectivity index (χ2v) is 7.83. The maximum absolute atomic E-state index is 12.5. The van der Waals surface area contributed by atoms with Gasteiger partial charge in [0, 0.05) is 42.2 Å².